The van der Waals surface area contributed by atoms with E-state index in [1.807, 2.05) is 35.0 Å². The Morgan fingerprint density at radius 2 is 1.88 bits per heavy atom. The highest BCUT2D eigenvalue weighted by Gasteiger charge is 2.14. The number of imidazole rings is 1. The molecule has 2 aromatic carbocycles. The molecule has 0 atom stereocenters. The average molecular weight is 465 g/mol. The maximum absolute atomic E-state index is 12.7. The van der Waals surface area contributed by atoms with E-state index in [-0.39, 0.29) is 19.1 Å². The summed E-state index contributed by atoms with van der Waals surface area (Å²) >= 11 is 6.08. The summed E-state index contributed by atoms with van der Waals surface area (Å²) in [4.78, 5) is 29.5. The quantitative estimate of drug-likeness (QED) is 0.412. The molecule has 2 heterocycles. The normalized spacial score (nSPS) is 10.6. The number of fused-ring (bicyclic) bond motifs is 1. The van der Waals surface area contributed by atoms with Crippen molar-refractivity contribution in [3.8, 4) is 11.5 Å². The third-order valence-electron chi connectivity index (χ3n) is 4.77. The van der Waals surface area contributed by atoms with Crippen molar-refractivity contribution in [2.45, 2.75) is 6.54 Å². The molecule has 2 N–H and O–H groups in total. The Morgan fingerprint density at radius 3 is 2.67 bits per heavy atom. The van der Waals surface area contributed by atoms with Crippen LogP contribution < -0.4 is 20.1 Å². The number of methoxy groups -OCH3 is 1. The van der Waals surface area contributed by atoms with E-state index in [9.17, 15) is 9.59 Å². The number of amides is 2. The van der Waals surface area contributed by atoms with Gasteiger partial charge in [0.25, 0.3) is 11.8 Å². The van der Waals surface area contributed by atoms with Gasteiger partial charge in [0.15, 0.2) is 6.61 Å². The molecule has 2 amide bonds. The molecule has 0 aliphatic carbocycles. The SMILES string of the molecule is COc1ccc(NC(=O)COc2ccccc2C(=O)NCc2cn3ccccc3n2)cc1Cl. The third-order valence-corrected chi connectivity index (χ3v) is 5.07. The number of aromatic nitrogens is 2. The number of para-hydroxylation sites is 1. The van der Waals surface area contributed by atoms with Crippen molar-refractivity contribution in [3.05, 3.63) is 89.3 Å². The number of benzene rings is 2. The number of carbonyl (C=O) groups is 2. The smallest absolute Gasteiger partial charge is 0.262 e. The van der Waals surface area contributed by atoms with E-state index in [4.69, 9.17) is 21.1 Å². The predicted octanol–water partition coefficient (Wildman–Crippen LogP) is 3.94. The van der Waals surface area contributed by atoms with Crippen molar-refractivity contribution in [2.75, 3.05) is 19.0 Å². The highest BCUT2D eigenvalue weighted by molar-refractivity contribution is 6.32. The zero-order valence-corrected chi connectivity index (χ0v) is 18.5. The summed E-state index contributed by atoms with van der Waals surface area (Å²) in [6, 6.07) is 17.3. The number of carbonyl (C=O) groups excluding carboxylic acids is 2. The second-order valence-electron chi connectivity index (χ2n) is 7.06. The van der Waals surface area contributed by atoms with Gasteiger partial charge in [0.05, 0.1) is 29.9 Å². The fourth-order valence-corrected chi connectivity index (χ4v) is 3.46. The summed E-state index contributed by atoms with van der Waals surface area (Å²) in [6.07, 6.45) is 3.75. The molecule has 0 aliphatic rings. The lowest BCUT2D eigenvalue weighted by Gasteiger charge is -2.12. The van der Waals surface area contributed by atoms with Crippen LogP contribution in [0.4, 0.5) is 5.69 Å². The van der Waals surface area contributed by atoms with E-state index >= 15 is 0 Å². The molecule has 0 fully saturated rings. The van der Waals surface area contributed by atoms with Crippen LogP contribution in [0.15, 0.2) is 73.1 Å². The van der Waals surface area contributed by atoms with E-state index < -0.39 is 5.91 Å². The van der Waals surface area contributed by atoms with E-state index in [2.05, 4.69) is 15.6 Å². The van der Waals surface area contributed by atoms with Gasteiger partial charge in [0.1, 0.15) is 17.1 Å². The first-order valence-corrected chi connectivity index (χ1v) is 10.5. The van der Waals surface area contributed by atoms with Gasteiger partial charge >= 0.3 is 0 Å². The molecule has 9 heteroatoms. The molecule has 0 aliphatic heterocycles. The number of halogens is 1. The van der Waals surface area contributed by atoms with Crippen molar-refractivity contribution in [1.29, 1.82) is 0 Å². The average Bonchev–Trinajstić information content (AvgIpc) is 3.25. The van der Waals surface area contributed by atoms with Gasteiger partial charge in [-0.2, -0.15) is 0 Å². The van der Waals surface area contributed by atoms with Gasteiger partial charge in [-0.25, -0.2) is 4.98 Å². The molecular formula is C24H21ClN4O4. The van der Waals surface area contributed by atoms with E-state index in [1.165, 1.54) is 7.11 Å². The van der Waals surface area contributed by atoms with Crippen LogP contribution in [0.3, 0.4) is 0 Å². The van der Waals surface area contributed by atoms with Crippen molar-refractivity contribution >= 4 is 34.7 Å². The summed E-state index contributed by atoms with van der Waals surface area (Å²) < 4.78 is 12.6. The van der Waals surface area contributed by atoms with Gasteiger partial charge in [0, 0.05) is 18.1 Å². The predicted molar refractivity (Wildman–Crippen MR) is 125 cm³/mol. The highest BCUT2D eigenvalue weighted by Crippen LogP contribution is 2.27. The van der Waals surface area contributed by atoms with Crippen molar-refractivity contribution < 1.29 is 19.1 Å². The second kappa shape index (κ2) is 10.1. The lowest BCUT2D eigenvalue weighted by Crippen LogP contribution is -2.25. The van der Waals surface area contributed by atoms with Crippen LogP contribution in [-0.2, 0) is 11.3 Å². The number of nitrogens with one attached hydrogen (secondary N) is 2. The van der Waals surface area contributed by atoms with Gasteiger partial charge in [-0.3, -0.25) is 9.59 Å². The minimum atomic E-state index is -0.392. The Bertz CT molecular complexity index is 1270. The summed E-state index contributed by atoms with van der Waals surface area (Å²) in [5.74, 6) is 0.0866. The number of ether oxygens (including phenoxy) is 2. The Morgan fingerprint density at radius 1 is 1.06 bits per heavy atom. The lowest BCUT2D eigenvalue weighted by atomic mass is 10.2. The summed E-state index contributed by atoms with van der Waals surface area (Å²) in [6.45, 7) is -0.0199. The number of anilines is 1. The van der Waals surface area contributed by atoms with Crippen molar-refractivity contribution in [3.63, 3.8) is 0 Å². The first-order valence-electron chi connectivity index (χ1n) is 10.1. The molecular weight excluding hydrogens is 444 g/mol. The number of hydrogen-bond acceptors (Lipinski definition) is 5. The summed E-state index contributed by atoms with van der Waals surface area (Å²) in [7, 11) is 1.51. The third kappa shape index (κ3) is 5.42. The minimum absolute atomic E-state index is 0.258. The van der Waals surface area contributed by atoms with Crippen molar-refractivity contribution in [1.82, 2.24) is 14.7 Å². The van der Waals surface area contributed by atoms with Crippen LogP contribution in [0.1, 0.15) is 16.1 Å². The molecule has 168 valence electrons. The second-order valence-corrected chi connectivity index (χ2v) is 7.47. The number of rotatable bonds is 8. The molecule has 0 radical (unpaired) electrons. The topological polar surface area (TPSA) is 94.0 Å². The molecule has 0 bridgehead atoms. The Labute approximate surface area is 195 Å². The fraction of sp³-hybridized carbons (Fsp3) is 0.125. The van der Waals surface area contributed by atoms with E-state index in [0.717, 1.165) is 11.3 Å². The Hall–Kier alpha value is -4.04. The number of hydrogen-bond donors (Lipinski definition) is 2. The van der Waals surface area contributed by atoms with Crippen LogP contribution in [-0.4, -0.2) is 34.9 Å². The Kier molecular flexibility index (Phi) is 6.75. The number of pyridine rings is 1. The molecule has 0 saturated heterocycles. The van der Waals surface area contributed by atoms with Gasteiger partial charge in [-0.15, -0.1) is 0 Å². The number of nitrogens with zero attached hydrogens (tertiary/aromatic N) is 2. The van der Waals surface area contributed by atoms with Gasteiger partial charge in [0.2, 0.25) is 0 Å². The van der Waals surface area contributed by atoms with Gasteiger partial charge < -0.3 is 24.5 Å². The van der Waals surface area contributed by atoms with Crippen LogP contribution in [0.25, 0.3) is 5.65 Å². The first-order chi connectivity index (χ1) is 16.0. The maximum Gasteiger partial charge on any atom is 0.262 e. The molecule has 4 aromatic rings. The zero-order valence-electron chi connectivity index (χ0n) is 17.7. The van der Waals surface area contributed by atoms with E-state index in [1.54, 1.807) is 42.5 Å². The van der Waals surface area contributed by atoms with Crippen LogP contribution in [0, 0.1) is 0 Å². The molecule has 0 saturated carbocycles. The highest BCUT2D eigenvalue weighted by atomic mass is 35.5. The Balaban J connectivity index is 1.35. The molecule has 4 rings (SSSR count). The molecule has 0 spiro atoms. The minimum Gasteiger partial charge on any atom is -0.495 e. The lowest BCUT2D eigenvalue weighted by molar-refractivity contribution is -0.118. The monoisotopic (exact) mass is 464 g/mol. The van der Waals surface area contributed by atoms with Gasteiger partial charge in [-0.1, -0.05) is 29.8 Å². The summed E-state index contributed by atoms with van der Waals surface area (Å²) in [5.41, 5.74) is 2.36. The fourth-order valence-electron chi connectivity index (χ4n) is 3.20. The van der Waals surface area contributed by atoms with Crippen molar-refractivity contribution in [2.24, 2.45) is 0 Å². The van der Waals surface area contributed by atoms with Crippen LogP contribution >= 0.6 is 11.6 Å². The molecule has 2 aromatic heterocycles. The van der Waals surface area contributed by atoms with E-state index in [0.29, 0.717) is 27.8 Å². The van der Waals surface area contributed by atoms with Gasteiger partial charge in [-0.05, 0) is 42.5 Å². The van der Waals surface area contributed by atoms with Crippen LogP contribution in [0.2, 0.25) is 5.02 Å². The summed E-state index contributed by atoms with van der Waals surface area (Å²) in [5, 5.41) is 5.92. The standard InChI is InChI=1S/C24H21ClN4O4/c1-32-21-10-9-16(12-19(21)25)28-23(30)15-33-20-7-3-2-6-18(20)24(31)26-13-17-14-29-11-5-4-8-22(29)27-17/h2-12,14H,13,15H2,1H3,(H,26,31)(H,28,30). The van der Waals surface area contributed by atoms with Crippen LogP contribution in [0.5, 0.6) is 11.5 Å². The largest absolute Gasteiger partial charge is 0.495 e. The molecule has 33 heavy (non-hydrogen) atoms. The zero-order chi connectivity index (χ0) is 23.2. The maximum atomic E-state index is 12.7. The first kappa shape index (κ1) is 22.2. The molecule has 0 unspecified atom stereocenters. The molecule has 8 nitrogen and oxygen atoms in total.